The Hall–Kier alpha value is -4.54. The van der Waals surface area contributed by atoms with Crippen LogP contribution < -0.4 is 20.9 Å². The number of rotatable bonds is 15. The smallest absolute Gasteiger partial charge is 0.251 e. The van der Waals surface area contributed by atoms with Crippen molar-refractivity contribution in [1.82, 2.24) is 20.3 Å². The normalized spacial score (nSPS) is 12.4. The first-order valence-electron chi connectivity index (χ1n) is 14.7. The molecule has 43 heavy (non-hydrogen) atoms. The average molecular weight is 582 g/mol. The third-order valence-electron chi connectivity index (χ3n) is 7.08. The summed E-state index contributed by atoms with van der Waals surface area (Å²) >= 11 is 0. The standard InChI is InChI=1S/C33H39N7O3/c1-25-11-13-26(14-12-25)23-36-32-37-31(38-33(39-32)40-18-15-27-7-5-6-10-29(27)24-40)35-17-20-43-22-21-42-19-16-34-30(41)28-8-3-2-4-9-28/h2-14H,15-24H2,1H3,(H,34,41)(H2,35,36,37,38,39). The van der Waals surface area contributed by atoms with Crippen molar-refractivity contribution in [2.45, 2.75) is 26.4 Å². The fourth-order valence-electron chi connectivity index (χ4n) is 4.70. The summed E-state index contributed by atoms with van der Waals surface area (Å²) < 4.78 is 11.3. The summed E-state index contributed by atoms with van der Waals surface area (Å²) in [6.45, 7) is 7.07. The number of ether oxygens (including phenoxy) is 2. The predicted octanol–water partition coefficient (Wildman–Crippen LogP) is 4.23. The first-order valence-corrected chi connectivity index (χ1v) is 14.7. The van der Waals surface area contributed by atoms with Crippen molar-refractivity contribution >= 4 is 23.8 Å². The Bertz CT molecular complexity index is 1450. The van der Waals surface area contributed by atoms with Gasteiger partial charge in [-0.1, -0.05) is 72.3 Å². The van der Waals surface area contributed by atoms with E-state index in [1.165, 1.54) is 16.7 Å². The zero-order valence-corrected chi connectivity index (χ0v) is 24.6. The van der Waals surface area contributed by atoms with Crippen molar-refractivity contribution in [2.75, 3.05) is 61.6 Å². The first-order chi connectivity index (χ1) is 21.1. The van der Waals surface area contributed by atoms with Gasteiger partial charge < -0.3 is 30.3 Å². The van der Waals surface area contributed by atoms with Gasteiger partial charge in [-0.15, -0.1) is 0 Å². The fraction of sp³-hybridized carbons (Fsp3) is 0.333. The maximum atomic E-state index is 12.0. The monoisotopic (exact) mass is 581 g/mol. The van der Waals surface area contributed by atoms with Gasteiger partial charge in [0.25, 0.3) is 5.91 Å². The summed E-state index contributed by atoms with van der Waals surface area (Å²) in [6.07, 6.45) is 0.950. The Labute approximate surface area is 252 Å². The molecule has 10 heteroatoms. The van der Waals surface area contributed by atoms with Gasteiger partial charge in [0.2, 0.25) is 17.8 Å². The number of hydrogen-bond acceptors (Lipinski definition) is 9. The molecule has 0 radical (unpaired) electrons. The number of fused-ring (bicyclic) bond motifs is 1. The molecule has 3 aromatic carbocycles. The molecule has 0 unspecified atom stereocenters. The lowest BCUT2D eigenvalue weighted by Crippen LogP contribution is -2.32. The Morgan fingerprint density at radius 3 is 2.21 bits per heavy atom. The third-order valence-corrected chi connectivity index (χ3v) is 7.08. The molecular formula is C33H39N7O3. The first kappa shape index (κ1) is 29.9. The second-order valence-corrected chi connectivity index (χ2v) is 10.3. The molecule has 2 heterocycles. The Morgan fingerprint density at radius 1 is 0.767 bits per heavy atom. The largest absolute Gasteiger partial charge is 0.377 e. The van der Waals surface area contributed by atoms with Crippen molar-refractivity contribution in [3.63, 3.8) is 0 Å². The number of aryl methyl sites for hydroxylation is 1. The Kier molecular flexibility index (Phi) is 10.9. The van der Waals surface area contributed by atoms with E-state index in [2.05, 4.69) is 81.3 Å². The van der Waals surface area contributed by atoms with E-state index in [4.69, 9.17) is 19.4 Å². The van der Waals surface area contributed by atoms with Crippen LogP contribution in [0.4, 0.5) is 17.8 Å². The Morgan fingerprint density at radius 2 is 1.44 bits per heavy atom. The number of amides is 1. The molecule has 1 aliphatic heterocycles. The molecule has 3 N–H and O–H groups in total. The highest BCUT2D eigenvalue weighted by Gasteiger charge is 2.20. The van der Waals surface area contributed by atoms with E-state index in [0.29, 0.717) is 69.5 Å². The summed E-state index contributed by atoms with van der Waals surface area (Å²) in [5.41, 5.74) is 5.69. The summed E-state index contributed by atoms with van der Waals surface area (Å²) in [4.78, 5) is 28.4. The number of anilines is 3. The minimum atomic E-state index is -0.105. The Balaban J connectivity index is 1.07. The molecule has 1 aliphatic rings. The molecule has 5 rings (SSSR count). The maximum Gasteiger partial charge on any atom is 0.251 e. The van der Waals surface area contributed by atoms with Gasteiger partial charge in [-0.25, -0.2) is 0 Å². The minimum Gasteiger partial charge on any atom is -0.377 e. The van der Waals surface area contributed by atoms with E-state index in [9.17, 15) is 4.79 Å². The summed E-state index contributed by atoms with van der Waals surface area (Å²) in [7, 11) is 0. The van der Waals surface area contributed by atoms with Crippen LogP contribution in [-0.2, 0) is 29.0 Å². The molecule has 224 valence electrons. The van der Waals surface area contributed by atoms with Crippen LogP contribution in [0, 0.1) is 6.92 Å². The van der Waals surface area contributed by atoms with E-state index in [1.54, 1.807) is 12.1 Å². The average Bonchev–Trinajstić information content (AvgIpc) is 3.05. The van der Waals surface area contributed by atoms with E-state index >= 15 is 0 Å². The summed E-state index contributed by atoms with van der Waals surface area (Å²) in [5.74, 6) is 1.57. The SMILES string of the molecule is Cc1ccc(CNc2nc(NCCOCCOCCNC(=O)c3ccccc3)nc(N3CCc4ccccc4C3)n2)cc1. The number of nitrogens with one attached hydrogen (secondary N) is 3. The highest BCUT2D eigenvalue weighted by atomic mass is 16.5. The topological polar surface area (TPSA) is 114 Å². The second kappa shape index (κ2) is 15.6. The highest BCUT2D eigenvalue weighted by molar-refractivity contribution is 5.94. The molecule has 0 spiro atoms. The van der Waals surface area contributed by atoms with Crippen molar-refractivity contribution in [1.29, 1.82) is 0 Å². The van der Waals surface area contributed by atoms with Crippen LogP contribution in [0.2, 0.25) is 0 Å². The predicted molar refractivity (Wildman–Crippen MR) is 168 cm³/mol. The van der Waals surface area contributed by atoms with E-state index < -0.39 is 0 Å². The minimum absolute atomic E-state index is 0.105. The lowest BCUT2D eigenvalue weighted by atomic mass is 10.0. The second-order valence-electron chi connectivity index (χ2n) is 10.3. The van der Waals surface area contributed by atoms with Gasteiger partial charge in [-0.05, 0) is 42.2 Å². The summed E-state index contributed by atoms with van der Waals surface area (Å²) in [6, 6.07) is 26.1. The number of hydrogen-bond donors (Lipinski definition) is 3. The van der Waals surface area contributed by atoms with Crippen LogP contribution in [0.25, 0.3) is 0 Å². The molecule has 4 aromatic rings. The van der Waals surface area contributed by atoms with Crippen molar-refractivity contribution in [3.05, 3.63) is 107 Å². The molecule has 0 saturated heterocycles. The van der Waals surface area contributed by atoms with Crippen molar-refractivity contribution < 1.29 is 14.3 Å². The molecule has 0 aliphatic carbocycles. The van der Waals surface area contributed by atoms with Crippen LogP contribution in [0.3, 0.4) is 0 Å². The van der Waals surface area contributed by atoms with Crippen LogP contribution in [0.1, 0.15) is 32.6 Å². The molecule has 1 aromatic heterocycles. The molecule has 0 bridgehead atoms. The highest BCUT2D eigenvalue weighted by Crippen LogP contribution is 2.23. The zero-order chi connectivity index (χ0) is 29.7. The van der Waals surface area contributed by atoms with Gasteiger partial charge in [0.15, 0.2) is 0 Å². The van der Waals surface area contributed by atoms with Gasteiger partial charge >= 0.3 is 0 Å². The van der Waals surface area contributed by atoms with Crippen LogP contribution >= 0.6 is 0 Å². The van der Waals surface area contributed by atoms with E-state index in [1.807, 2.05) is 18.2 Å². The molecule has 0 saturated carbocycles. The molecular weight excluding hydrogens is 542 g/mol. The van der Waals surface area contributed by atoms with Gasteiger partial charge in [-0.2, -0.15) is 15.0 Å². The number of nitrogens with zero attached hydrogens (tertiary/aromatic N) is 4. The van der Waals surface area contributed by atoms with Crippen LogP contribution in [0.15, 0.2) is 78.9 Å². The van der Waals surface area contributed by atoms with E-state index in [0.717, 1.165) is 25.1 Å². The van der Waals surface area contributed by atoms with Gasteiger partial charge in [0, 0.05) is 38.3 Å². The van der Waals surface area contributed by atoms with Gasteiger partial charge in [-0.3, -0.25) is 4.79 Å². The number of aromatic nitrogens is 3. The van der Waals surface area contributed by atoms with Gasteiger partial charge in [0.1, 0.15) is 0 Å². The quantitative estimate of drug-likeness (QED) is 0.178. The lowest BCUT2D eigenvalue weighted by molar-refractivity contribution is 0.0519. The third kappa shape index (κ3) is 9.22. The number of carbonyl (C=O) groups is 1. The fourth-order valence-corrected chi connectivity index (χ4v) is 4.70. The molecule has 10 nitrogen and oxygen atoms in total. The summed E-state index contributed by atoms with van der Waals surface area (Å²) in [5, 5.41) is 9.50. The van der Waals surface area contributed by atoms with E-state index in [-0.39, 0.29) is 5.91 Å². The van der Waals surface area contributed by atoms with Gasteiger partial charge in [0.05, 0.1) is 26.4 Å². The zero-order valence-electron chi connectivity index (χ0n) is 24.6. The molecule has 0 fully saturated rings. The van der Waals surface area contributed by atoms with Crippen molar-refractivity contribution in [2.24, 2.45) is 0 Å². The molecule has 0 atom stereocenters. The van der Waals surface area contributed by atoms with Crippen LogP contribution in [0.5, 0.6) is 0 Å². The van der Waals surface area contributed by atoms with Crippen molar-refractivity contribution in [3.8, 4) is 0 Å². The van der Waals surface area contributed by atoms with Crippen LogP contribution in [-0.4, -0.2) is 66.9 Å². The maximum absolute atomic E-state index is 12.0. The molecule has 1 amide bonds. The lowest BCUT2D eigenvalue weighted by Gasteiger charge is -2.29. The number of carbonyl (C=O) groups excluding carboxylic acids is 1. The number of benzene rings is 3.